The highest BCUT2D eigenvalue weighted by Crippen LogP contribution is 2.20. The predicted octanol–water partition coefficient (Wildman–Crippen LogP) is 2.95. The van der Waals surface area contributed by atoms with E-state index in [-0.39, 0.29) is 5.91 Å². The van der Waals surface area contributed by atoms with Crippen molar-refractivity contribution in [3.05, 3.63) is 35.5 Å². The summed E-state index contributed by atoms with van der Waals surface area (Å²) in [4.78, 5) is 11.1. The van der Waals surface area contributed by atoms with E-state index < -0.39 is 0 Å². The Morgan fingerprint density at radius 1 is 1.38 bits per heavy atom. The van der Waals surface area contributed by atoms with Crippen LogP contribution in [0.4, 0.5) is 0 Å². The summed E-state index contributed by atoms with van der Waals surface area (Å²) in [5.41, 5.74) is 0.900. The molecule has 2 nitrogen and oxygen atoms in total. The Morgan fingerprint density at radius 2 is 2.15 bits per heavy atom. The van der Waals surface area contributed by atoms with Gasteiger partial charge in [-0.05, 0) is 24.3 Å². The lowest BCUT2D eigenvalue weighted by Gasteiger charge is -1.98. The van der Waals surface area contributed by atoms with Gasteiger partial charge in [0.15, 0.2) is 0 Å². The van der Waals surface area contributed by atoms with Crippen LogP contribution in [0.5, 0.6) is 0 Å². The van der Waals surface area contributed by atoms with Crippen molar-refractivity contribution >= 4 is 28.4 Å². The number of hydrogen-bond acceptors (Lipinski definition) is 1. The van der Waals surface area contributed by atoms with Gasteiger partial charge in [0.1, 0.15) is 0 Å². The largest absolute Gasteiger partial charge is 0.287 e. The van der Waals surface area contributed by atoms with Crippen LogP contribution >= 0.6 is 11.6 Å². The standard InChI is InChI=1S/C10H8ClNO/c1-7(13)12-5-4-8-6-9(11)2-3-10(8)12/h2-6H,1H3. The second-order valence-electron chi connectivity index (χ2n) is 2.91. The van der Waals surface area contributed by atoms with Crippen LogP contribution in [0, 0.1) is 0 Å². The van der Waals surface area contributed by atoms with Crippen molar-refractivity contribution in [2.45, 2.75) is 6.92 Å². The number of benzene rings is 1. The summed E-state index contributed by atoms with van der Waals surface area (Å²) in [5, 5.41) is 1.68. The molecule has 0 fully saturated rings. The highest BCUT2D eigenvalue weighted by molar-refractivity contribution is 6.31. The maximum atomic E-state index is 11.1. The Labute approximate surface area is 80.7 Å². The molecule has 0 atom stereocenters. The normalized spacial score (nSPS) is 10.6. The fourth-order valence-electron chi connectivity index (χ4n) is 1.39. The molecule has 1 aromatic heterocycles. The maximum absolute atomic E-state index is 11.1. The summed E-state index contributed by atoms with van der Waals surface area (Å²) in [6.07, 6.45) is 1.75. The number of rotatable bonds is 0. The second kappa shape index (κ2) is 2.89. The van der Waals surface area contributed by atoms with Crippen LogP contribution in [-0.2, 0) is 0 Å². The minimum atomic E-state index is 0.0114. The topological polar surface area (TPSA) is 22.0 Å². The van der Waals surface area contributed by atoms with Crippen molar-refractivity contribution in [2.24, 2.45) is 0 Å². The third-order valence-electron chi connectivity index (χ3n) is 1.99. The highest BCUT2D eigenvalue weighted by Gasteiger charge is 2.03. The van der Waals surface area contributed by atoms with Gasteiger partial charge in [-0.15, -0.1) is 0 Å². The summed E-state index contributed by atoms with van der Waals surface area (Å²) in [7, 11) is 0. The molecule has 0 radical (unpaired) electrons. The highest BCUT2D eigenvalue weighted by atomic mass is 35.5. The first-order chi connectivity index (χ1) is 6.18. The number of halogens is 1. The molecule has 2 aromatic rings. The van der Waals surface area contributed by atoms with E-state index in [1.165, 1.54) is 6.92 Å². The lowest BCUT2D eigenvalue weighted by molar-refractivity contribution is 0.0941. The molecule has 1 aromatic carbocycles. The lowest BCUT2D eigenvalue weighted by atomic mass is 10.2. The smallest absolute Gasteiger partial charge is 0.227 e. The second-order valence-corrected chi connectivity index (χ2v) is 3.34. The monoisotopic (exact) mass is 193 g/mol. The molecule has 3 heteroatoms. The van der Waals surface area contributed by atoms with E-state index in [0.29, 0.717) is 5.02 Å². The first kappa shape index (κ1) is 8.32. The molecule has 0 saturated heterocycles. The molecule has 0 aliphatic carbocycles. The molecule has 0 spiro atoms. The molecule has 0 bridgehead atoms. The first-order valence-electron chi connectivity index (χ1n) is 3.96. The van der Waals surface area contributed by atoms with Crippen molar-refractivity contribution < 1.29 is 4.79 Å². The Balaban J connectivity index is 2.76. The summed E-state index contributed by atoms with van der Waals surface area (Å²) < 4.78 is 1.60. The lowest BCUT2D eigenvalue weighted by Crippen LogP contribution is -2.02. The zero-order valence-electron chi connectivity index (χ0n) is 7.12. The van der Waals surface area contributed by atoms with E-state index in [9.17, 15) is 4.79 Å². The van der Waals surface area contributed by atoms with Gasteiger partial charge >= 0.3 is 0 Å². The van der Waals surface area contributed by atoms with Crippen molar-refractivity contribution in [3.8, 4) is 0 Å². The Morgan fingerprint density at radius 3 is 2.85 bits per heavy atom. The summed E-state index contributed by atoms with van der Waals surface area (Å²) in [6.45, 7) is 1.54. The summed E-state index contributed by atoms with van der Waals surface area (Å²) in [6, 6.07) is 7.35. The first-order valence-corrected chi connectivity index (χ1v) is 4.34. The van der Waals surface area contributed by atoms with Crippen molar-refractivity contribution in [1.29, 1.82) is 0 Å². The number of carbonyl (C=O) groups excluding carboxylic acids is 1. The van der Waals surface area contributed by atoms with Gasteiger partial charge in [-0.1, -0.05) is 11.6 Å². The van der Waals surface area contributed by atoms with Crippen LogP contribution in [0.1, 0.15) is 11.7 Å². The molecule has 0 aliphatic rings. The molecule has 0 saturated carbocycles. The third kappa shape index (κ3) is 1.33. The van der Waals surface area contributed by atoms with Gasteiger partial charge in [-0.3, -0.25) is 9.36 Å². The van der Waals surface area contributed by atoms with Crippen LogP contribution in [0.2, 0.25) is 5.02 Å². The SMILES string of the molecule is CC(=O)n1ccc2cc(Cl)ccc21. The quantitative estimate of drug-likeness (QED) is 0.631. The van der Waals surface area contributed by atoms with Crippen LogP contribution < -0.4 is 0 Å². The van der Waals surface area contributed by atoms with Crippen molar-refractivity contribution in [1.82, 2.24) is 4.57 Å². The number of aromatic nitrogens is 1. The van der Waals surface area contributed by atoms with E-state index >= 15 is 0 Å². The van der Waals surface area contributed by atoms with Crippen molar-refractivity contribution in [2.75, 3.05) is 0 Å². The van der Waals surface area contributed by atoms with Gasteiger partial charge in [0.25, 0.3) is 0 Å². The molecule has 0 aliphatic heterocycles. The molecular formula is C10H8ClNO. The van der Waals surface area contributed by atoms with Crippen LogP contribution in [0.3, 0.4) is 0 Å². The molecule has 13 heavy (non-hydrogen) atoms. The Hall–Kier alpha value is -1.28. The Kier molecular flexibility index (Phi) is 1.85. The van der Waals surface area contributed by atoms with Gasteiger partial charge in [-0.2, -0.15) is 0 Å². The average molecular weight is 194 g/mol. The molecule has 2 rings (SSSR count). The van der Waals surface area contributed by atoms with Crippen LogP contribution in [0.15, 0.2) is 30.5 Å². The van der Waals surface area contributed by atoms with E-state index in [4.69, 9.17) is 11.6 Å². The van der Waals surface area contributed by atoms with Crippen LogP contribution in [0.25, 0.3) is 10.9 Å². The van der Waals surface area contributed by atoms with Crippen molar-refractivity contribution in [3.63, 3.8) is 0 Å². The van der Waals surface area contributed by atoms with Crippen LogP contribution in [-0.4, -0.2) is 10.5 Å². The number of hydrogen-bond donors (Lipinski definition) is 0. The zero-order valence-corrected chi connectivity index (χ0v) is 7.88. The minimum Gasteiger partial charge on any atom is -0.287 e. The van der Waals surface area contributed by atoms with Gasteiger partial charge < -0.3 is 0 Å². The molecule has 0 unspecified atom stereocenters. The van der Waals surface area contributed by atoms with Gasteiger partial charge in [-0.25, -0.2) is 0 Å². The van der Waals surface area contributed by atoms with Gasteiger partial charge in [0, 0.05) is 23.5 Å². The summed E-state index contributed by atoms with van der Waals surface area (Å²) in [5.74, 6) is 0.0114. The van der Waals surface area contributed by atoms with Gasteiger partial charge in [0.2, 0.25) is 5.91 Å². The fourth-order valence-corrected chi connectivity index (χ4v) is 1.57. The fraction of sp³-hybridized carbons (Fsp3) is 0.100. The molecule has 1 heterocycles. The van der Waals surface area contributed by atoms with Gasteiger partial charge in [0.05, 0.1) is 5.52 Å². The summed E-state index contributed by atoms with van der Waals surface area (Å²) >= 11 is 5.81. The van der Waals surface area contributed by atoms with E-state index in [1.807, 2.05) is 18.2 Å². The number of carbonyl (C=O) groups is 1. The van der Waals surface area contributed by atoms with E-state index in [2.05, 4.69) is 0 Å². The predicted molar refractivity (Wildman–Crippen MR) is 53.2 cm³/mol. The Bertz CT molecular complexity index is 473. The zero-order chi connectivity index (χ0) is 9.42. The number of nitrogens with zero attached hydrogens (tertiary/aromatic N) is 1. The van der Waals surface area contributed by atoms with E-state index in [1.54, 1.807) is 16.8 Å². The maximum Gasteiger partial charge on any atom is 0.227 e. The number of fused-ring (bicyclic) bond motifs is 1. The molecule has 0 amide bonds. The molecular weight excluding hydrogens is 186 g/mol. The molecule has 0 N–H and O–H groups in total. The minimum absolute atomic E-state index is 0.0114. The average Bonchev–Trinajstić information content (AvgIpc) is 2.46. The molecule has 66 valence electrons. The van der Waals surface area contributed by atoms with E-state index in [0.717, 1.165) is 10.9 Å². The third-order valence-corrected chi connectivity index (χ3v) is 2.23.